The van der Waals surface area contributed by atoms with Gasteiger partial charge in [0.1, 0.15) is 0 Å². The highest BCUT2D eigenvalue weighted by Gasteiger charge is 2.09. The van der Waals surface area contributed by atoms with Crippen molar-refractivity contribution < 1.29 is 9.28 Å². The maximum absolute atomic E-state index is 11.4. The van der Waals surface area contributed by atoms with E-state index in [0.717, 1.165) is 16.6 Å². The molecule has 0 saturated heterocycles. The molecule has 0 bridgehead atoms. The molecule has 1 unspecified atom stereocenters. The van der Waals surface area contributed by atoms with Gasteiger partial charge in [-0.15, -0.1) is 0 Å². The SMILES string of the molecule is CCC(C)C(=O)Nc1ccccc1.CC[N+](C)(C)C. The van der Waals surface area contributed by atoms with Gasteiger partial charge in [0.25, 0.3) is 0 Å². The number of anilines is 1. The highest BCUT2D eigenvalue weighted by Crippen LogP contribution is 2.09. The summed E-state index contributed by atoms with van der Waals surface area (Å²) in [4.78, 5) is 11.4. The van der Waals surface area contributed by atoms with Crippen molar-refractivity contribution in [1.82, 2.24) is 0 Å². The molecule has 0 fully saturated rings. The molecule has 108 valence electrons. The fourth-order valence-electron chi connectivity index (χ4n) is 0.972. The zero-order chi connectivity index (χ0) is 14.9. The lowest BCUT2D eigenvalue weighted by Gasteiger charge is -2.20. The van der Waals surface area contributed by atoms with Gasteiger partial charge in [-0.25, -0.2) is 0 Å². The summed E-state index contributed by atoms with van der Waals surface area (Å²) < 4.78 is 1.07. The van der Waals surface area contributed by atoms with Crippen molar-refractivity contribution in [3.05, 3.63) is 30.3 Å². The van der Waals surface area contributed by atoms with Crippen LogP contribution in [0.25, 0.3) is 0 Å². The van der Waals surface area contributed by atoms with E-state index in [-0.39, 0.29) is 11.8 Å². The van der Waals surface area contributed by atoms with E-state index in [1.54, 1.807) is 0 Å². The van der Waals surface area contributed by atoms with Crippen LogP contribution in [0.3, 0.4) is 0 Å². The number of carbonyl (C=O) groups is 1. The fraction of sp³-hybridized carbons (Fsp3) is 0.562. The minimum Gasteiger partial charge on any atom is -0.331 e. The Kier molecular flexibility index (Phi) is 8.08. The number of rotatable bonds is 4. The van der Waals surface area contributed by atoms with Gasteiger partial charge >= 0.3 is 0 Å². The lowest BCUT2D eigenvalue weighted by molar-refractivity contribution is -0.868. The van der Waals surface area contributed by atoms with Crippen LogP contribution in [0, 0.1) is 5.92 Å². The Bertz CT molecular complexity index is 355. The number of carbonyl (C=O) groups excluding carboxylic acids is 1. The molecule has 0 aliphatic carbocycles. The Morgan fingerprint density at radius 3 is 2.00 bits per heavy atom. The van der Waals surface area contributed by atoms with Crippen LogP contribution >= 0.6 is 0 Å². The van der Waals surface area contributed by atoms with E-state index in [2.05, 4.69) is 33.4 Å². The molecule has 1 atom stereocenters. The monoisotopic (exact) mass is 265 g/mol. The summed E-state index contributed by atoms with van der Waals surface area (Å²) >= 11 is 0. The molecular weight excluding hydrogens is 236 g/mol. The van der Waals surface area contributed by atoms with E-state index in [9.17, 15) is 4.79 Å². The molecule has 0 saturated carbocycles. The number of hydrogen-bond acceptors (Lipinski definition) is 1. The first kappa shape index (κ1) is 17.6. The van der Waals surface area contributed by atoms with Crippen molar-refractivity contribution in [2.24, 2.45) is 5.92 Å². The summed E-state index contributed by atoms with van der Waals surface area (Å²) in [5, 5.41) is 2.85. The number of nitrogens with one attached hydrogen (secondary N) is 1. The van der Waals surface area contributed by atoms with Crippen LogP contribution in [0.4, 0.5) is 5.69 Å². The molecule has 0 radical (unpaired) electrons. The molecule has 1 rings (SSSR count). The third kappa shape index (κ3) is 9.25. The van der Waals surface area contributed by atoms with Crippen LogP contribution in [-0.2, 0) is 4.79 Å². The molecular formula is C16H29N2O+. The molecule has 19 heavy (non-hydrogen) atoms. The van der Waals surface area contributed by atoms with Crippen molar-refractivity contribution in [2.75, 3.05) is 33.0 Å². The second-order valence-electron chi connectivity index (χ2n) is 5.77. The summed E-state index contributed by atoms with van der Waals surface area (Å²) in [6.07, 6.45) is 0.874. The number of nitrogens with zero attached hydrogens (tertiary/aromatic N) is 1. The molecule has 1 amide bonds. The standard InChI is InChI=1S/C11H15NO.C5H14N/c1-3-9(2)11(13)12-10-7-5-4-6-8-10;1-5-6(2,3)4/h4-9H,3H2,1-2H3,(H,12,13);5H2,1-4H3/q;+1. The maximum Gasteiger partial charge on any atom is 0.227 e. The van der Waals surface area contributed by atoms with E-state index in [1.165, 1.54) is 6.54 Å². The second kappa shape index (κ2) is 8.70. The van der Waals surface area contributed by atoms with Crippen LogP contribution in [0.5, 0.6) is 0 Å². The summed E-state index contributed by atoms with van der Waals surface area (Å²) in [5.74, 6) is 0.175. The third-order valence-electron chi connectivity index (χ3n) is 3.05. The van der Waals surface area contributed by atoms with Gasteiger partial charge < -0.3 is 9.80 Å². The first-order valence-corrected chi connectivity index (χ1v) is 6.96. The zero-order valence-electron chi connectivity index (χ0n) is 13.2. The average molecular weight is 265 g/mol. The Morgan fingerprint density at radius 2 is 1.63 bits per heavy atom. The minimum absolute atomic E-state index is 0.0835. The quantitative estimate of drug-likeness (QED) is 0.831. The van der Waals surface area contributed by atoms with Gasteiger partial charge in [0, 0.05) is 11.6 Å². The van der Waals surface area contributed by atoms with Crippen molar-refractivity contribution in [3.63, 3.8) is 0 Å². The number of hydrogen-bond donors (Lipinski definition) is 1. The van der Waals surface area contributed by atoms with Gasteiger partial charge in [0.2, 0.25) is 5.91 Å². The number of amides is 1. The third-order valence-corrected chi connectivity index (χ3v) is 3.05. The van der Waals surface area contributed by atoms with Gasteiger partial charge in [-0.05, 0) is 25.5 Å². The van der Waals surface area contributed by atoms with Crippen LogP contribution < -0.4 is 5.32 Å². The molecule has 1 aromatic carbocycles. The topological polar surface area (TPSA) is 29.1 Å². The lowest BCUT2D eigenvalue weighted by Crippen LogP contribution is -2.33. The van der Waals surface area contributed by atoms with Crippen LogP contribution in [0.1, 0.15) is 27.2 Å². The molecule has 3 nitrogen and oxygen atoms in total. The lowest BCUT2D eigenvalue weighted by atomic mass is 10.1. The smallest absolute Gasteiger partial charge is 0.227 e. The van der Waals surface area contributed by atoms with Crippen molar-refractivity contribution in [2.45, 2.75) is 27.2 Å². The molecule has 0 spiro atoms. The largest absolute Gasteiger partial charge is 0.331 e. The minimum atomic E-state index is 0.0835. The summed E-state index contributed by atoms with van der Waals surface area (Å²) in [5.41, 5.74) is 0.868. The molecule has 0 aromatic heterocycles. The number of para-hydroxylation sites is 1. The van der Waals surface area contributed by atoms with E-state index in [4.69, 9.17) is 0 Å². The molecule has 0 heterocycles. The van der Waals surface area contributed by atoms with Crippen LogP contribution in [0.15, 0.2) is 30.3 Å². The van der Waals surface area contributed by atoms with Gasteiger partial charge in [-0.1, -0.05) is 32.0 Å². The Hall–Kier alpha value is -1.35. The normalized spacial score (nSPS) is 12.1. The fourth-order valence-corrected chi connectivity index (χ4v) is 0.972. The number of quaternary nitrogens is 1. The van der Waals surface area contributed by atoms with Crippen molar-refractivity contribution >= 4 is 11.6 Å². The summed E-state index contributed by atoms with van der Waals surface area (Å²) in [6, 6.07) is 9.53. The Labute approximate surface area is 118 Å². The zero-order valence-corrected chi connectivity index (χ0v) is 13.2. The second-order valence-corrected chi connectivity index (χ2v) is 5.77. The molecule has 0 aliphatic heterocycles. The maximum atomic E-state index is 11.4. The van der Waals surface area contributed by atoms with Crippen molar-refractivity contribution in [1.29, 1.82) is 0 Å². The van der Waals surface area contributed by atoms with Crippen LogP contribution in [-0.4, -0.2) is 38.1 Å². The highest BCUT2D eigenvalue weighted by molar-refractivity contribution is 5.92. The summed E-state index contributed by atoms with van der Waals surface area (Å²) in [7, 11) is 6.54. The van der Waals surface area contributed by atoms with Crippen molar-refractivity contribution in [3.8, 4) is 0 Å². The predicted molar refractivity (Wildman–Crippen MR) is 83.1 cm³/mol. The molecule has 1 N–H and O–H groups in total. The summed E-state index contributed by atoms with van der Waals surface area (Å²) in [6.45, 7) is 7.33. The number of benzene rings is 1. The van der Waals surface area contributed by atoms with E-state index in [0.29, 0.717) is 0 Å². The molecule has 1 aromatic rings. The molecule has 3 heteroatoms. The molecule has 0 aliphatic rings. The predicted octanol–water partition coefficient (Wildman–Crippen LogP) is 3.38. The van der Waals surface area contributed by atoms with E-state index in [1.807, 2.05) is 44.2 Å². The van der Waals surface area contributed by atoms with Gasteiger partial charge in [0.15, 0.2) is 0 Å². The van der Waals surface area contributed by atoms with Gasteiger partial charge in [-0.3, -0.25) is 4.79 Å². The van der Waals surface area contributed by atoms with E-state index < -0.39 is 0 Å². The first-order chi connectivity index (χ1) is 8.80. The first-order valence-electron chi connectivity index (χ1n) is 6.96. The van der Waals surface area contributed by atoms with E-state index >= 15 is 0 Å². The van der Waals surface area contributed by atoms with Gasteiger partial charge in [0.05, 0.1) is 27.7 Å². The van der Waals surface area contributed by atoms with Crippen LogP contribution in [0.2, 0.25) is 0 Å². The Morgan fingerprint density at radius 1 is 1.16 bits per heavy atom. The highest BCUT2D eigenvalue weighted by atomic mass is 16.1. The van der Waals surface area contributed by atoms with Gasteiger partial charge in [-0.2, -0.15) is 0 Å². The average Bonchev–Trinajstić information content (AvgIpc) is 2.38. The Balaban J connectivity index is 0.000000459.